The molecule has 0 fully saturated rings. The van der Waals surface area contributed by atoms with Crippen LogP contribution in [0.25, 0.3) is 0 Å². The lowest BCUT2D eigenvalue weighted by molar-refractivity contribution is -0.139. The Labute approximate surface area is 239 Å². The molecule has 0 aromatic heterocycles. The number of likely N-dealkylation sites (N-methyl/N-ethyl adjacent to an activating group) is 1. The first-order chi connectivity index (χ1) is 18.6. The molecule has 208 valence electrons. The minimum atomic E-state index is -3.93. The van der Waals surface area contributed by atoms with Crippen molar-refractivity contribution in [2.24, 2.45) is 0 Å². The summed E-state index contributed by atoms with van der Waals surface area (Å²) >= 11 is 12.9. The fourth-order valence-corrected chi connectivity index (χ4v) is 5.48. The first-order valence-electron chi connectivity index (χ1n) is 12.2. The van der Waals surface area contributed by atoms with Gasteiger partial charge in [-0.2, -0.15) is 0 Å². The maximum atomic E-state index is 14.0. The Morgan fingerprint density at radius 1 is 0.949 bits per heavy atom. The fraction of sp³-hybridized carbons (Fsp3) is 0.286. The van der Waals surface area contributed by atoms with Crippen molar-refractivity contribution in [3.63, 3.8) is 0 Å². The third-order valence-corrected chi connectivity index (χ3v) is 7.86. The van der Waals surface area contributed by atoms with Crippen LogP contribution in [0.3, 0.4) is 0 Å². The van der Waals surface area contributed by atoms with Crippen molar-refractivity contribution in [3.8, 4) is 5.75 Å². The minimum absolute atomic E-state index is 0.118. The summed E-state index contributed by atoms with van der Waals surface area (Å²) in [6, 6.07) is 19.8. The van der Waals surface area contributed by atoms with Gasteiger partial charge in [-0.15, -0.1) is 0 Å². The SMILES string of the molecule is CCOc1ccccc1N(CC(=O)N(Cc1c(Cl)cccc1Cl)[C@H](Cc1ccccc1)C(=O)NC)S(C)(=O)=O. The van der Waals surface area contributed by atoms with Crippen LogP contribution in [0.5, 0.6) is 5.75 Å². The highest BCUT2D eigenvalue weighted by Gasteiger charge is 2.34. The Morgan fingerprint density at radius 3 is 2.15 bits per heavy atom. The maximum Gasteiger partial charge on any atom is 0.244 e. The molecule has 3 aromatic carbocycles. The Balaban J connectivity index is 2.09. The summed E-state index contributed by atoms with van der Waals surface area (Å²) in [7, 11) is -2.46. The van der Waals surface area contributed by atoms with Crippen molar-refractivity contribution in [2.45, 2.75) is 25.9 Å². The van der Waals surface area contributed by atoms with Crippen molar-refractivity contribution in [2.75, 3.05) is 30.8 Å². The molecule has 0 unspecified atom stereocenters. The molecule has 0 saturated heterocycles. The number of carbonyl (C=O) groups excluding carboxylic acids is 2. The summed E-state index contributed by atoms with van der Waals surface area (Å²) in [4.78, 5) is 28.5. The van der Waals surface area contributed by atoms with Crippen LogP contribution in [0.15, 0.2) is 72.8 Å². The Kier molecular flexibility index (Phi) is 10.6. The molecule has 3 rings (SSSR count). The van der Waals surface area contributed by atoms with Gasteiger partial charge in [0.2, 0.25) is 21.8 Å². The van der Waals surface area contributed by atoms with Gasteiger partial charge in [0.15, 0.2) is 0 Å². The molecular weight excluding hydrogens is 561 g/mol. The van der Waals surface area contributed by atoms with E-state index >= 15 is 0 Å². The number of rotatable bonds is 12. The second-order valence-corrected chi connectivity index (χ2v) is 11.4. The molecule has 0 aliphatic heterocycles. The van der Waals surface area contributed by atoms with E-state index in [0.29, 0.717) is 28.0 Å². The lowest BCUT2D eigenvalue weighted by Crippen LogP contribution is -2.53. The highest BCUT2D eigenvalue weighted by Crippen LogP contribution is 2.31. The van der Waals surface area contributed by atoms with Gasteiger partial charge in [-0.3, -0.25) is 13.9 Å². The van der Waals surface area contributed by atoms with Crippen LogP contribution < -0.4 is 14.4 Å². The number of carbonyl (C=O) groups is 2. The monoisotopic (exact) mass is 591 g/mol. The van der Waals surface area contributed by atoms with Crippen LogP contribution in [0.4, 0.5) is 5.69 Å². The van der Waals surface area contributed by atoms with E-state index in [2.05, 4.69) is 5.32 Å². The third kappa shape index (κ3) is 7.88. The van der Waals surface area contributed by atoms with Crippen molar-refractivity contribution in [1.82, 2.24) is 10.2 Å². The number of ether oxygens (including phenoxy) is 1. The number of nitrogens with one attached hydrogen (secondary N) is 1. The first kappa shape index (κ1) is 30.3. The molecule has 0 heterocycles. The molecule has 1 atom stereocenters. The predicted molar refractivity (Wildman–Crippen MR) is 155 cm³/mol. The van der Waals surface area contributed by atoms with Gasteiger partial charge >= 0.3 is 0 Å². The Hall–Kier alpha value is -3.27. The molecule has 3 aromatic rings. The van der Waals surface area contributed by atoms with E-state index in [9.17, 15) is 18.0 Å². The highest BCUT2D eigenvalue weighted by molar-refractivity contribution is 7.92. The molecule has 0 saturated carbocycles. The molecule has 8 nitrogen and oxygen atoms in total. The van der Waals surface area contributed by atoms with Gasteiger partial charge in [0.1, 0.15) is 18.3 Å². The average molecular weight is 593 g/mol. The maximum absolute atomic E-state index is 14.0. The fourth-order valence-electron chi connectivity index (χ4n) is 4.11. The molecule has 2 amide bonds. The van der Waals surface area contributed by atoms with Crippen LogP contribution in [0.1, 0.15) is 18.1 Å². The summed E-state index contributed by atoms with van der Waals surface area (Å²) in [6.07, 6.45) is 1.20. The second kappa shape index (κ2) is 13.7. The average Bonchev–Trinajstić information content (AvgIpc) is 2.90. The first-order valence-corrected chi connectivity index (χ1v) is 14.8. The number of benzene rings is 3. The van der Waals surface area contributed by atoms with Crippen molar-refractivity contribution >= 4 is 50.7 Å². The molecule has 0 bridgehead atoms. The zero-order valence-electron chi connectivity index (χ0n) is 21.9. The van der Waals surface area contributed by atoms with Crippen LogP contribution in [-0.2, 0) is 32.6 Å². The topological polar surface area (TPSA) is 96.0 Å². The van der Waals surface area contributed by atoms with Crippen LogP contribution in [-0.4, -0.2) is 57.6 Å². The van der Waals surface area contributed by atoms with Gasteiger partial charge in [-0.05, 0) is 36.8 Å². The minimum Gasteiger partial charge on any atom is -0.492 e. The van der Waals surface area contributed by atoms with Crippen molar-refractivity contribution < 1.29 is 22.7 Å². The summed E-state index contributed by atoms with van der Waals surface area (Å²) < 4.78 is 32.5. The number of hydrogen-bond acceptors (Lipinski definition) is 5. The number of para-hydroxylation sites is 2. The number of nitrogens with zero attached hydrogens (tertiary/aromatic N) is 2. The van der Waals surface area contributed by atoms with E-state index in [0.717, 1.165) is 16.1 Å². The highest BCUT2D eigenvalue weighted by atomic mass is 35.5. The summed E-state index contributed by atoms with van der Waals surface area (Å²) in [5, 5.41) is 3.26. The van der Waals surface area contributed by atoms with Crippen LogP contribution in [0, 0.1) is 0 Å². The Bertz CT molecular complexity index is 1380. The lowest BCUT2D eigenvalue weighted by Gasteiger charge is -2.33. The molecule has 0 spiro atoms. The largest absolute Gasteiger partial charge is 0.492 e. The zero-order chi connectivity index (χ0) is 28.6. The van der Waals surface area contributed by atoms with Gasteiger partial charge in [-0.25, -0.2) is 8.42 Å². The molecule has 0 radical (unpaired) electrons. The number of amides is 2. The van der Waals surface area contributed by atoms with Crippen LogP contribution in [0.2, 0.25) is 10.0 Å². The summed E-state index contributed by atoms with van der Waals surface area (Å²) in [6.45, 7) is 1.38. The van der Waals surface area contributed by atoms with Crippen molar-refractivity contribution in [1.29, 1.82) is 0 Å². The number of halogens is 2. The van der Waals surface area contributed by atoms with Gasteiger partial charge in [0.05, 0.1) is 18.6 Å². The van der Waals surface area contributed by atoms with E-state index in [-0.39, 0.29) is 18.7 Å². The normalized spacial score (nSPS) is 11.9. The summed E-state index contributed by atoms with van der Waals surface area (Å²) in [5.41, 5.74) is 1.47. The number of anilines is 1. The predicted octanol–water partition coefficient (Wildman–Crippen LogP) is 4.54. The van der Waals surface area contributed by atoms with E-state index in [1.165, 1.54) is 11.9 Å². The Morgan fingerprint density at radius 2 is 1.56 bits per heavy atom. The molecule has 0 aliphatic rings. The molecule has 39 heavy (non-hydrogen) atoms. The van der Waals surface area contributed by atoms with Gasteiger partial charge < -0.3 is 15.0 Å². The van der Waals surface area contributed by atoms with E-state index in [1.54, 1.807) is 49.4 Å². The van der Waals surface area contributed by atoms with E-state index in [4.69, 9.17) is 27.9 Å². The van der Waals surface area contributed by atoms with Gasteiger partial charge in [-0.1, -0.05) is 71.7 Å². The third-order valence-electron chi connectivity index (χ3n) is 6.02. The second-order valence-electron chi connectivity index (χ2n) is 8.71. The van der Waals surface area contributed by atoms with Crippen LogP contribution >= 0.6 is 23.2 Å². The molecule has 11 heteroatoms. The van der Waals surface area contributed by atoms with E-state index in [1.807, 2.05) is 30.3 Å². The van der Waals surface area contributed by atoms with Gasteiger partial charge in [0, 0.05) is 35.6 Å². The smallest absolute Gasteiger partial charge is 0.244 e. The summed E-state index contributed by atoms with van der Waals surface area (Å²) in [5.74, 6) is -0.727. The standard InChI is InChI=1S/C28H31Cl2N3O5S/c1-4-38-26-16-9-8-15-24(26)33(39(3,36)37)19-27(34)32(18-21-22(29)13-10-14-23(21)30)25(28(35)31-2)17-20-11-6-5-7-12-20/h5-16,25H,4,17-19H2,1-3H3,(H,31,35)/t25-/m1/s1. The quantitative estimate of drug-likeness (QED) is 0.333. The van der Waals surface area contributed by atoms with Gasteiger partial charge in [0.25, 0.3) is 0 Å². The lowest BCUT2D eigenvalue weighted by atomic mass is 10.0. The molecule has 1 N–H and O–H groups in total. The number of sulfonamides is 1. The van der Waals surface area contributed by atoms with Crippen molar-refractivity contribution in [3.05, 3.63) is 94.0 Å². The zero-order valence-corrected chi connectivity index (χ0v) is 24.3. The molecule has 0 aliphatic carbocycles. The molecular formula is C28H31Cl2N3O5S. The van der Waals surface area contributed by atoms with E-state index < -0.39 is 34.4 Å². The number of hydrogen-bond donors (Lipinski definition) is 1.